The second-order valence-electron chi connectivity index (χ2n) is 6.54. The van der Waals surface area contributed by atoms with Crippen LogP contribution in [0.15, 0.2) is 18.3 Å². The second kappa shape index (κ2) is 8.84. The van der Waals surface area contributed by atoms with Crippen molar-refractivity contribution in [3.05, 3.63) is 23.9 Å². The number of nitrogens with zero attached hydrogens (tertiary/aromatic N) is 3. The van der Waals surface area contributed by atoms with Gasteiger partial charge in [-0.15, -0.1) is 0 Å². The largest absolute Gasteiger partial charge is 0.373 e. The lowest BCUT2D eigenvalue weighted by Crippen LogP contribution is -2.48. The standard InChI is InChI=1S/C17H29N5O2/c1-13-11-22(12-14(2)24-13)8-7-19-17(23)20-10-15-5-6-18-16(9-15)21(3)4/h5-6,9,13-14H,7-8,10-12H2,1-4H3,(H2,19,20,23)/t13-,14-/m0/s1. The summed E-state index contributed by atoms with van der Waals surface area (Å²) in [7, 11) is 3.89. The molecular formula is C17H29N5O2. The number of hydrogen-bond donors (Lipinski definition) is 2. The number of aromatic nitrogens is 1. The Hall–Kier alpha value is -1.86. The maximum atomic E-state index is 11.9. The van der Waals surface area contributed by atoms with Crippen LogP contribution in [0.5, 0.6) is 0 Å². The van der Waals surface area contributed by atoms with E-state index in [1.54, 1.807) is 6.20 Å². The molecule has 0 radical (unpaired) electrons. The van der Waals surface area contributed by atoms with Crippen molar-refractivity contribution in [1.82, 2.24) is 20.5 Å². The van der Waals surface area contributed by atoms with Crippen LogP contribution in [0.25, 0.3) is 0 Å². The molecule has 0 aliphatic carbocycles. The van der Waals surface area contributed by atoms with Gasteiger partial charge in [0.15, 0.2) is 0 Å². The van der Waals surface area contributed by atoms with Gasteiger partial charge in [-0.2, -0.15) is 0 Å². The average molecular weight is 335 g/mol. The molecule has 1 aliphatic heterocycles. The first-order chi connectivity index (χ1) is 11.4. The number of pyridine rings is 1. The van der Waals surface area contributed by atoms with Crippen molar-refractivity contribution < 1.29 is 9.53 Å². The van der Waals surface area contributed by atoms with E-state index in [9.17, 15) is 4.79 Å². The van der Waals surface area contributed by atoms with Crippen molar-refractivity contribution in [3.8, 4) is 0 Å². The maximum absolute atomic E-state index is 11.9. The summed E-state index contributed by atoms with van der Waals surface area (Å²) in [6.07, 6.45) is 2.26. The Kier molecular flexibility index (Phi) is 6.81. The van der Waals surface area contributed by atoms with Crippen molar-refractivity contribution in [2.45, 2.75) is 32.6 Å². The molecule has 2 amide bonds. The van der Waals surface area contributed by atoms with Crippen molar-refractivity contribution in [2.24, 2.45) is 0 Å². The third-order valence-corrected chi connectivity index (χ3v) is 3.93. The summed E-state index contributed by atoms with van der Waals surface area (Å²) in [4.78, 5) is 20.4. The Morgan fingerprint density at radius 3 is 2.71 bits per heavy atom. The average Bonchev–Trinajstić information content (AvgIpc) is 2.52. The molecule has 24 heavy (non-hydrogen) atoms. The van der Waals surface area contributed by atoms with Gasteiger partial charge in [-0.3, -0.25) is 4.90 Å². The summed E-state index contributed by atoms with van der Waals surface area (Å²) < 4.78 is 5.71. The van der Waals surface area contributed by atoms with Gasteiger partial charge in [-0.1, -0.05) is 0 Å². The van der Waals surface area contributed by atoms with Gasteiger partial charge in [0.05, 0.1) is 12.2 Å². The SMILES string of the molecule is C[C@H]1CN(CCNC(=O)NCc2ccnc(N(C)C)c2)C[C@H](C)O1. The van der Waals surface area contributed by atoms with Crippen molar-refractivity contribution in [2.75, 3.05) is 45.2 Å². The molecule has 7 nitrogen and oxygen atoms in total. The summed E-state index contributed by atoms with van der Waals surface area (Å²) >= 11 is 0. The quantitative estimate of drug-likeness (QED) is 0.813. The Labute approximate surface area is 144 Å². The topological polar surface area (TPSA) is 69.7 Å². The summed E-state index contributed by atoms with van der Waals surface area (Å²) in [5, 5.41) is 5.79. The Morgan fingerprint density at radius 1 is 1.33 bits per heavy atom. The molecule has 134 valence electrons. The zero-order chi connectivity index (χ0) is 17.5. The molecule has 7 heteroatoms. The molecular weight excluding hydrogens is 306 g/mol. The monoisotopic (exact) mass is 335 g/mol. The van der Waals surface area contributed by atoms with E-state index in [1.165, 1.54) is 0 Å². The van der Waals surface area contributed by atoms with Crippen LogP contribution in [0.3, 0.4) is 0 Å². The number of carbonyl (C=O) groups excluding carboxylic acids is 1. The third-order valence-electron chi connectivity index (χ3n) is 3.93. The van der Waals surface area contributed by atoms with Gasteiger partial charge >= 0.3 is 6.03 Å². The van der Waals surface area contributed by atoms with Crippen LogP contribution in [0.2, 0.25) is 0 Å². The van der Waals surface area contributed by atoms with E-state index < -0.39 is 0 Å². The molecule has 2 atom stereocenters. The van der Waals surface area contributed by atoms with Crippen LogP contribution in [0.4, 0.5) is 10.6 Å². The molecule has 0 aromatic carbocycles. The number of anilines is 1. The second-order valence-corrected chi connectivity index (χ2v) is 6.54. The number of carbonyl (C=O) groups is 1. The minimum absolute atomic E-state index is 0.146. The highest BCUT2D eigenvalue weighted by Crippen LogP contribution is 2.10. The lowest BCUT2D eigenvalue weighted by Gasteiger charge is -2.35. The summed E-state index contributed by atoms with van der Waals surface area (Å²) in [6.45, 7) is 7.95. The molecule has 1 aromatic heterocycles. The molecule has 1 saturated heterocycles. The van der Waals surface area contributed by atoms with E-state index in [-0.39, 0.29) is 18.2 Å². The van der Waals surface area contributed by atoms with Crippen LogP contribution in [0, 0.1) is 0 Å². The number of urea groups is 1. The van der Waals surface area contributed by atoms with Crippen LogP contribution >= 0.6 is 0 Å². The molecule has 0 bridgehead atoms. The van der Waals surface area contributed by atoms with E-state index in [0.717, 1.165) is 31.0 Å². The predicted octanol–water partition coefficient (Wildman–Crippen LogP) is 1.06. The lowest BCUT2D eigenvalue weighted by molar-refractivity contribution is -0.0672. The summed E-state index contributed by atoms with van der Waals surface area (Å²) in [5.74, 6) is 0.880. The fourth-order valence-corrected chi connectivity index (χ4v) is 2.85. The van der Waals surface area contributed by atoms with Crippen LogP contribution in [-0.2, 0) is 11.3 Å². The highest BCUT2D eigenvalue weighted by molar-refractivity contribution is 5.73. The summed E-state index contributed by atoms with van der Waals surface area (Å²) in [6, 6.07) is 3.73. The Morgan fingerprint density at radius 2 is 2.04 bits per heavy atom. The molecule has 2 N–H and O–H groups in total. The Bertz CT molecular complexity index is 527. The number of rotatable bonds is 6. The first-order valence-corrected chi connectivity index (χ1v) is 8.46. The fourth-order valence-electron chi connectivity index (χ4n) is 2.85. The van der Waals surface area contributed by atoms with Gasteiger partial charge < -0.3 is 20.3 Å². The van der Waals surface area contributed by atoms with Gasteiger partial charge in [0.25, 0.3) is 0 Å². The summed E-state index contributed by atoms with van der Waals surface area (Å²) in [5.41, 5.74) is 1.03. The molecule has 2 heterocycles. The van der Waals surface area contributed by atoms with E-state index in [4.69, 9.17) is 4.74 Å². The molecule has 0 unspecified atom stereocenters. The molecule has 1 aromatic rings. The first kappa shape index (κ1) is 18.5. The van der Waals surface area contributed by atoms with Crippen molar-refractivity contribution in [1.29, 1.82) is 0 Å². The third kappa shape index (κ3) is 5.98. The van der Waals surface area contributed by atoms with Crippen molar-refractivity contribution in [3.63, 3.8) is 0 Å². The molecule has 2 rings (SSSR count). The van der Waals surface area contributed by atoms with Gasteiger partial charge in [0.1, 0.15) is 5.82 Å². The number of nitrogens with one attached hydrogen (secondary N) is 2. The zero-order valence-electron chi connectivity index (χ0n) is 15.1. The highest BCUT2D eigenvalue weighted by atomic mass is 16.5. The minimum Gasteiger partial charge on any atom is -0.373 e. The normalized spacial score (nSPS) is 21.3. The molecule has 1 aliphatic rings. The molecule has 0 spiro atoms. The zero-order valence-corrected chi connectivity index (χ0v) is 15.1. The van der Waals surface area contributed by atoms with Gasteiger partial charge in [0, 0.05) is 53.0 Å². The number of ether oxygens (including phenoxy) is 1. The number of morpholine rings is 1. The number of hydrogen-bond acceptors (Lipinski definition) is 5. The minimum atomic E-state index is -0.146. The van der Waals surface area contributed by atoms with E-state index >= 15 is 0 Å². The fraction of sp³-hybridized carbons (Fsp3) is 0.647. The maximum Gasteiger partial charge on any atom is 0.315 e. The molecule has 0 saturated carbocycles. The van der Waals surface area contributed by atoms with Gasteiger partial charge in [-0.05, 0) is 31.5 Å². The van der Waals surface area contributed by atoms with Crippen LogP contribution < -0.4 is 15.5 Å². The van der Waals surface area contributed by atoms with Crippen LogP contribution in [0.1, 0.15) is 19.4 Å². The van der Waals surface area contributed by atoms with Crippen molar-refractivity contribution >= 4 is 11.8 Å². The number of amides is 2. The van der Waals surface area contributed by atoms with Gasteiger partial charge in [0.2, 0.25) is 0 Å². The lowest BCUT2D eigenvalue weighted by atomic mass is 10.2. The van der Waals surface area contributed by atoms with Crippen LogP contribution in [-0.4, -0.2) is 68.4 Å². The van der Waals surface area contributed by atoms with E-state index in [1.807, 2.05) is 31.1 Å². The molecule has 1 fully saturated rings. The first-order valence-electron chi connectivity index (χ1n) is 8.46. The van der Waals surface area contributed by atoms with E-state index in [0.29, 0.717) is 13.1 Å². The van der Waals surface area contributed by atoms with E-state index in [2.05, 4.69) is 34.4 Å². The smallest absolute Gasteiger partial charge is 0.315 e. The van der Waals surface area contributed by atoms with Gasteiger partial charge in [-0.25, -0.2) is 9.78 Å². The predicted molar refractivity (Wildman–Crippen MR) is 95.3 cm³/mol. The highest BCUT2D eigenvalue weighted by Gasteiger charge is 2.21. The Balaban J connectivity index is 1.67.